The van der Waals surface area contributed by atoms with E-state index in [1.54, 1.807) is 21.1 Å². The summed E-state index contributed by atoms with van der Waals surface area (Å²) in [5.41, 5.74) is -0.109. The number of carbonyl (C=O) groups is 1. The minimum Gasteiger partial charge on any atom is -0.382 e. The van der Waals surface area contributed by atoms with Crippen LogP contribution in [0.15, 0.2) is 45.0 Å². The quantitative estimate of drug-likeness (QED) is 0.600. The number of aliphatic hydroxyl groups excluding tert-OH is 1. The van der Waals surface area contributed by atoms with Crippen LogP contribution in [0.1, 0.15) is 24.9 Å². The number of hydrazone groups is 1. The van der Waals surface area contributed by atoms with Gasteiger partial charge in [0.05, 0.1) is 6.04 Å². The average molecular weight is 399 g/mol. The van der Waals surface area contributed by atoms with Gasteiger partial charge in [-0.1, -0.05) is 37.3 Å². The molecule has 3 rings (SSSR count). The lowest BCUT2D eigenvalue weighted by atomic mass is 10.0. The monoisotopic (exact) mass is 399 g/mol. The first-order valence-electron chi connectivity index (χ1n) is 9.38. The van der Waals surface area contributed by atoms with Crippen molar-refractivity contribution >= 4 is 23.1 Å². The van der Waals surface area contributed by atoms with Crippen molar-refractivity contribution in [3.8, 4) is 0 Å². The van der Waals surface area contributed by atoms with Gasteiger partial charge in [-0.25, -0.2) is 0 Å². The number of anilines is 2. The van der Waals surface area contributed by atoms with E-state index in [0.717, 1.165) is 5.56 Å². The van der Waals surface area contributed by atoms with Crippen LogP contribution >= 0.6 is 0 Å². The van der Waals surface area contributed by atoms with E-state index in [2.05, 4.69) is 15.7 Å². The highest BCUT2D eigenvalue weighted by Crippen LogP contribution is 2.26. The summed E-state index contributed by atoms with van der Waals surface area (Å²) >= 11 is 0. The van der Waals surface area contributed by atoms with E-state index in [1.165, 1.54) is 9.91 Å². The lowest BCUT2D eigenvalue weighted by Gasteiger charge is -2.24. The maximum atomic E-state index is 12.3. The number of carbonyl (C=O) groups excluding carboxylic acids is 1. The fraction of sp³-hybridized carbons (Fsp3) is 0.400. The largest absolute Gasteiger partial charge is 0.382 e. The second-order valence-corrected chi connectivity index (χ2v) is 7.23. The molecule has 1 aliphatic heterocycles. The summed E-state index contributed by atoms with van der Waals surface area (Å²) in [4.78, 5) is 37.9. The van der Waals surface area contributed by atoms with E-state index in [0.29, 0.717) is 6.42 Å². The lowest BCUT2D eigenvalue weighted by Crippen LogP contribution is -2.49. The van der Waals surface area contributed by atoms with Crippen molar-refractivity contribution in [1.29, 1.82) is 0 Å². The zero-order valence-corrected chi connectivity index (χ0v) is 16.8. The van der Waals surface area contributed by atoms with E-state index >= 15 is 0 Å². The van der Waals surface area contributed by atoms with E-state index in [-0.39, 0.29) is 29.2 Å². The topological polar surface area (TPSA) is 114 Å². The number of nitrogens with zero attached hydrogens (tertiary/aromatic N) is 3. The molecule has 1 heterocycles. The molecule has 29 heavy (non-hydrogen) atoms. The number of hydrogen-bond donors (Lipinski definition) is 3. The molecule has 0 saturated carbocycles. The Morgan fingerprint density at radius 3 is 2.41 bits per heavy atom. The molecule has 2 unspecified atom stereocenters. The number of hydrogen-bond acceptors (Lipinski definition) is 8. The van der Waals surface area contributed by atoms with Gasteiger partial charge in [-0.2, -0.15) is 5.10 Å². The molecule has 2 aromatic carbocycles. The van der Waals surface area contributed by atoms with Gasteiger partial charge in [0.1, 0.15) is 17.5 Å². The van der Waals surface area contributed by atoms with Crippen molar-refractivity contribution in [2.75, 3.05) is 31.8 Å². The Labute approximate surface area is 168 Å². The van der Waals surface area contributed by atoms with Crippen LogP contribution in [0.2, 0.25) is 0 Å². The van der Waals surface area contributed by atoms with Gasteiger partial charge in [0.25, 0.3) is 10.9 Å². The van der Waals surface area contributed by atoms with Gasteiger partial charge in [-0.05, 0) is 12.0 Å². The molecule has 0 aromatic heterocycles. The predicted molar refractivity (Wildman–Crippen MR) is 112 cm³/mol. The number of rotatable bonds is 6. The summed E-state index contributed by atoms with van der Waals surface area (Å²) < 4.78 is 0. The summed E-state index contributed by atoms with van der Waals surface area (Å²) in [6.07, 6.45) is -0.545. The van der Waals surface area contributed by atoms with Gasteiger partial charge in [0.2, 0.25) is 5.91 Å². The number of nitrogens with one attached hydrogen (secondary N) is 2. The molecule has 1 aliphatic rings. The highest BCUT2D eigenvalue weighted by atomic mass is 16.3. The third kappa shape index (κ3) is 3.73. The molecular weight excluding hydrogens is 374 g/mol. The zero-order chi connectivity index (χ0) is 21.3. The first kappa shape index (κ1) is 20.5. The predicted octanol–water partition coefficient (Wildman–Crippen LogP) is 0.334. The fourth-order valence-corrected chi connectivity index (χ4v) is 3.36. The van der Waals surface area contributed by atoms with Gasteiger partial charge < -0.3 is 20.6 Å². The van der Waals surface area contributed by atoms with Crippen molar-refractivity contribution in [3.05, 3.63) is 56.3 Å². The van der Waals surface area contributed by atoms with Gasteiger partial charge in [0, 0.05) is 21.1 Å². The molecule has 0 radical (unpaired) electrons. The van der Waals surface area contributed by atoms with Crippen LogP contribution in [0.3, 0.4) is 0 Å². The van der Waals surface area contributed by atoms with Crippen LogP contribution in [0.25, 0.3) is 0 Å². The van der Waals surface area contributed by atoms with Crippen LogP contribution in [0, 0.1) is 0 Å². The minimum absolute atomic E-state index is 0.0496. The number of benzene rings is 1. The van der Waals surface area contributed by atoms with Gasteiger partial charge >= 0.3 is 0 Å². The maximum absolute atomic E-state index is 12.3. The van der Waals surface area contributed by atoms with Crippen molar-refractivity contribution in [2.45, 2.75) is 31.5 Å². The second kappa shape index (κ2) is 8.04. The Bertz CT molecular complexity index is 994. The highest BCUT2D eigenvalue weighted by molar-refractivity contribution is 6.06. The van der Waals surface area contributed by atoms with E-state index in [9.17, 15) is 19.5 Å². The van der Waals surface area contributed by atoms with E-state index in [1.807, 2.05) is 37.3 Å². The fourth-order valence-electron chi connectivity index (χ4n) is 3.36. The standard InChI is InChI=1S/C20H25N5O4/c1-5-12(11-9-7-6-8-10-11)21-13-14(17(27)16(13)26)22-19-18(28)15(25(4)23-19)20(29)24(2)3/h6-10,12,15,18,21,28H,5H2,1-4H3,(H,22,23)/t12-,15?,18?/m1/s1. The molecule has 0 fully saturated rings. The van der Waals surface area contributed by atoms with E-state index < -0.39 is 23.0 Å². The molecule has 0 bridgehead atoms. The average Bonchev–Trinajstić information content (AvgIpc) is 3.00. The first-order valence-corrected chi connectivity index (χ1v) is 9.38. The van der Waals surface area contributed by atoms with Gasteiger partial charge in [-0.15, -0.1) is 0 Å². The van der Waals surface area contributed by atoms with Crippen LogP contribution in [0.5, 0.6) is 0 Å². The van der Waals surface area contributed by atoms with Crippen LogP contribution in [0.4, 0.5) is 11.4 Å². The summed E-state index contributed by atoms with van der Waals surface area (Å²) in [5.74, 6) is -0.269. The molecular formula is C20H25N5O4. The van der Waals surface area contributed by atoms with Crippen molar-refractivity contribution in [1.82, 2.24) is 9.91 Å². The summed E-state index contributed by atoms with van der Waals surface area (Å²) in [5, 5.41) is 21.9. The second-order valence-electron chi connectivity index (χ2n) is 7.23. The molecule has 0 spiro atoms. The summed E-state index contributed by atoms with van der Waals surface area (Å²) in [7, 11) is 4.73. The van der Waals surface area contributed by atoms with Crippen molar-refractivity contribution in [3.63, 3.8) is 0 Å². The minimum atomic E-state index is -1.25. The van der Waals surface area contributed by atoms with Crippen LogP contribution in [-0.2, 0) is 4.79 Å². The summed E-state index contributed by atoms with van der Waals surface area (Å²) in [6, 6.07) is 8.55. The number of aliphatic hydroxyl groups is 1. The SMILES string of the molecule is CC[C@@H](Nc1c(NC2=NN(C)C(C(=O)N(C)C)C2O)c(=O)c1=O)c1ccccc1. The number of amides is 1. The third-order valence-electron chi connectivity index (χ3n) is 5.03. The lowest BCUT2D eigenvalue weighted by molar-refractivity contribution is -0.135. The molecule has 2 aromatic rings. The Morgan fingerprint density at radius 1 is 1.21 bits per heavy atom. The van der Waals surface area contributed by atoms with Gasteiger partial charge in [-0.3, -0.25) is 19.4 Å². The Morgan fingerprint density at radius 2 is 1.83 bits per heavy atom. The third-order valence-corrected chi connectivity index (χ3v) is 5.03. The number of amidine groups is 1. The van der Waals surface area contributed by atoms with Crippen molar-refractivity contribution < 1.29 is 9.90 Å². The Kier molecular flexibility index (Phi) is 5.69. The summed E-state index contributed by atoms with van der Waals surface area (Å²) in [6.45, 7) is 1.97. The molecule has 154 valence electrons. The molecule has 3 N–H and O–H groups in total. The molecule has 9 nitrogen and oxygen atoms in total. The molecule has 0 saturated heterocycles. The van der Waals surface area contributed by atoms with Crippen molar-refractivity contribution in [2.24, 2.45) is 5.10 Å². The maximum Gasteiger partial charge on any atom is 0.253 e. The van der Waals surface area contributed by atoms with Crippen LogP contribution in [-0.4, -0.2) is 60.0 Å². The van der Waals surface area contributed by atoms with Crippen LogP contribution < -0.4 is 21.5 Å². The molecule has 9 heteroatoms. The Hall–Kier alpha value is -3.20. The normalized spacial score (nSPS) is 19.8. The Balaban J connectivity index is 1.81. The first-order chi connectivity index (χ1) is 13.8. The smallest absolute Gasteiger partial charge is 0.253 e. The van der Waals surface area contributed by atoms with E-state index in [4.69, 9.17) is 0 Å². The molecule has 0 aliphatic carbocycles. The highest BCUT2D eigenvalue weighted by Gasteiger charge is 2.41. The zero-order valence-electron chi connectivity index (χ0n) is 16.8. The molecule has 1 amide bonds. The van der Waals surface area contributed by atoms with Gasteiger partial charge in [0.15, 0.2) is 11.9 Å². The number of likely N-dealkylation sites (N-methyl/N-ethyl adjacent to an activating group) is 2. The molecule has 3 atom stereocenters.